The quantitative estimate of drug-likeness (QED) is 0.402. The smallest absolute Gasteiger partial charge is 0.267 e. The summed E-state index contributed by atoms with van der Waals surface area (Å²) in [6.45, 7) is 7.03. The van der Waals surface area contributed by atoms with Gasteiger partial charge in [0.25, 0.3) is 5.56 Å². The Balaban J connectivity index is 1.80. The van der Waals surface area contributed by atoms with Gasteiger partial charge in [0.1, 0.15) is 10.6 Å². The predicted molar refractivity (Wildman–Crippen MR) is 127 cm³/mol. The molecular weight excluding hydrogens is 430 g/mol. The molecule has 1 aromatic carbocycles. The normalized spacial score (nSPS) is 13.9. The fourth-order valence-corrected chi connectivity index (χ4v) is 6.05. The van der Waals surface area contributed by atoms with Crippen molar-refractivity contribution in [3.63, 3.8) is 0 Å². The Labute approximate surface area is 190 Å². The summed E-state index contributed by atoms with van der Waals surface area (Å²) < 4.78 is 7.20. The van der Waals surface area contributed by atoms with Crippen LogP contribution in [0.2, 0.25) is 0 Å². The van der Waals surface area contributed by atoms with Gasteiger partial charge in [-0.3, -0.25) is 14.2 Å². The van der Waals surface area contributed by atoms with Crippen molar-refractivity contribution >= 4 is 39.2 Å². The molecule has 4 rings (SSSR count). The summed E-state index contributed by atoms with van der Waals surface area (Å²) in [5.41, 5.74) is 1.82. The third kappa shape index (κ3) is 4.36. The second-order valence-electron chi connectivity index (χ2n) is 7.55. The van der Waals surface area contributed by atoms with Crippen molar-refractivity contribution < 1.29 is 9.53 Å². The maximum atomic E-state index is 13.7. The summed E-state index contributed by atoms with van der Waals surface area (Å²) >= 11 is 2.94. The lowest BCUT2D eigenvalue weighted by molar-refractivity contribution is -0.120. The largest absolute Gasteiger partial charge is 0.494 e. The summed E-state index contributed by atoms with van der Waals surface area (Å²) in [6.07, 6.45) is 3.91. The average Bonchev–Trinajstić information content (AvgIpc) is 3.34. The zero-order valence-corrected chi connectivity index (χ0v) is 19.7. The molecule has 0 aliphatic heterocycles. The Morgan fingerprint density at radius 2 is 2.06 bits per heavy atom. The molecule has 2 aromatic heterocycles. The third-order valence-electron chi connectivity index (χ3n) is 5.31. The van der Waals surface area contributed by atoms with Crippen LogP contribution in [0.4, 0.5) is 0 Å². The highest BCUT2D eigenvalue weighted by molar-refractivity contribution is 8.00. The highest BCUT2D eigenvalue weighted by Crippen LogP contribution is 2.36. The van der Waals surface area contributed by atoms with Crippen molar-refractivity contribution in [2.75, 3.05) is 13.2 Å². The van der Waals surface area contributed by atoms with Gasteiger partial charge >= 0.3 is 0 Å². The number of thioether (sulfide) groups is 1. The van der Waals surface area contributed by atoms with Gasteiger partial charge in [0.15, 0.2) is 5.16 Å². The molecule has 1 N–H and O–H groups in total. The van der Waals surface area contributed by atoms with Crippen LogP contribution in [-0.4, -0.2) is 33.9 Å². The maximum Gasteiger partial charge on any atom is 0.267 e. The van der Waals surface area contributed by atoms with Crippen molar-refractivity contribution in [1.29, 1.82) is 0 Å². The first-order chi connectivity index (χ1) is 15.0. The van der Waals surface area contributed by atoms with Crippen LogP contribution in [0.25, 0.3) is 15.9 Å². The van der Waals surface area contributed by atoms with Crippen LogP contribution < -0.4 is 15.6 Å². The fraction of sp³-hybridized carbons (Fsp3) is 0.435. The lowest BCUT2D eigenvalue weighted by Crippen LogP contribution is -2.32. The van der Waals surface area contributed by atoms with Crippen LogP contribution in [0.1, 0.15) is 44.1 Å². The summed E-state index contributed by atoms with van der Waals surface area (Å²) in [4.78, 5) is 33.1. The predicted octanol–water partition coefficient (Wildman–Crippen LogP) is 4.34. The lowest BCUT2D eigenvalue weighted by atomic mass is 10.2. The Kier molecular flexibility index (Phi) is 6.67. The third-order valence-corrected chi connectivity index (χ3v) is 7.55. The van der Waals surface area contributed by atoms with E-state index in [-0.39, 0.29) is 16.7 Å². The summed E-state index contributed by atoms with van der Waals surface area (Å²) in [5.74, 6) is 0.708. The number of amides is 1. The minimum absolute atomic E-state index is 0.0480. The van der Waals surface area contributed by atoms with Gasteiger partial charge in [0, 0.05) is 11.4 Å². The van der Waals surface area contributed by atoms with Crippen molar-refractivity contribution in [3.8, 4) is 11.4 Å². The number of hydrogen-bond donors (Lipinski definition) is 1. The molecule has 1 atom stereocenters. The Hall–Kier alpha value is -2.32. The Morgan fingerprint density at radius 1 is 1.29 bits per heavy atom. The number of thiophene rings is 1. The van der Waals surface area contributed by atoms with Crippen LogP contribution in [0.15, 0.2) is 34.2 Å². The molecule has 0 saturated heterocycles. The van der Waals surface area contributed by atoms with E-state index in [1.54, 1.807) is 15.9 Å². The Bertz CT molecular complexity index is 1150. The van der Waals surface area contributed by atoms with Gasteiger partial charge in [-0.25, -0.2) is 4.98 Å². The van der Waals surface area contributed by atoms with Gasteiger partial charge in [-0.05, 0) is 69.4 Å². The van der Waals surface area contributed by atoms with E-state index in [4.69, 9.17) is 9.72 Å². The molecule has 1 amide bonds. The SMILES string of the molecule is CCCNC(=O)C(C)Sc1nc2sc3c(c2c(=O)n1-c1ccc(OCC)cc1)CCC3. The number of fused-ring (bicyclic) bond motifs is 3. The van der Waals surface area contributed by atoms with Crippen molar-refractivity contribution in [2.24, 2.45) is 0 Å². The zero-order valence-electron chi connectivity index (χ0n) is 18.1. The fourth-order valence-electron chi connectivity index (χ4n) is 3.79. The molecule has 164 valence electrons. The topological polar surface area (TPSA) is 73.2 Å². The number of rotatable bonds is 8. The van der Waals surface area contributed by atoms with Gasteiger partial charge in [0.05, 0.1) is 22.9 Å². The summed E-state index contributed by atoms with van der Waals surface area (Å²) in [7, 11) is 0. The number of hydrogen-bond acceptors (Lipinski definition) is 6. The number of carbonyl (C=O) groups is 1. The van der Waals surface area contributed by atoms with Crippen molar-refractivity contribution in [2.45, 2.75) is 56.9 Å². The van der Waals surface area contributed by atoms with Crippen molar-refractivity contribution in [1.82, 2.24) is 14.9 Å². The minimum atomic E-state index is -0.364. The average molecular weight is 458 g/mol. The van der Waals surface area contributed by atoms with Gasteiger partial charge in [-0.2, -0.15) is 0 Å². The second-order valence-corrected chi connectivity index (χ2v) is 9.94. The molecule has 2 heterocycles. The minimum Gasteiger partial charge on any atom is -0.494 e. The number of carbonyl (C=O) groups excluding carboxylic acids is 1. The van der Waals surface area contributed by atoms with E-state index < -0.39 is 0 Å². The number of aromatic nitrogens is 2. The van der Waals surface area contributed by atoms with E-state index in [2.05, 4.69) is 5.32 Å². The van der Waals surface area contributed by atoms with Gasteiger partial charge < -0.3 is 10.1 Å². The van der Waals surface area contributed by atoms with Gasteiger partial charge in [-0.1, -0.05) is 18.7 Å². The summed E-state index contributed by atoms with van der Waals surface area (Å²) in [5, 5.41) is 3.84. The molecule has 0 spiro atoms. The van der Waals surface area contributed by atoms with Crippen LogP contribution in [0.5, 0.6) is 5.75 Å². The molecule has 1 aliphatic rings. The van der Waals surface area contributed by atoms with Crippen LogP contribution in [0.3, 0.4) is 0 Å². The number of benzene rings is 1. The number of nitrogens with zero attached hydrogens (tertiary/aromatic N) is 2. The van der Waals surface area contributed by atoms with Crippen LogP contribution >= 0.6 is 23.1 Å². The van der Waals surface area contributed by atoms with Crippen LogP contribution in [0, 0.1) is 0 Å². The molecule has 3 aromatic rings. The van der Waals surface area contributed by atoms with E-state index in [1.807, 2.05) is 45.0 Å². The molecule has 0 fully saturated rings. The molecule has 1 aliphatic carbocycles. The second kappa shape index (κ2) is 9.44. The van der Waals surface area contributed by atoms with Gasteiger partial charge in [0.2, 0.25) is 5.91 Å². The van der Waals surface area contributed by atoms with E-state index >= 15 is 0 Å². The highest BCUT2D eigenvalue weighted by atomic mass is 32.2. The summed E-state index contributed by atoms with van der Waals surface area (Å²) in [6, 6.07) is 7.47. The maximum absolute atomic E-state index is 13.7. The number of nitrogens with one attached hydrogen (secondary N) is 1. The molecule has 1 unspecified atom stereocenters. The van der Waals surface area contributed by atoms with E-state index in [1.165, 1.54) is 16.6 Å². The molecular formula is C23H27N3O3S2. The van der Waals surface area contributed by atoms with Crippen LogP contribution in [-0.2, 0) is 17.6 Å². The monoisotopic (exact) mass is 457 g/mol. The van der Waals surface area contributed by atoms with Crippen molar-refractivity contribution in [3.05, 3.63) is 45.1 Å². The van der Waals surface area contributed by atoms with E-state index in [0.29, 0.717) is 18.3 Å². The molecule has 0 radical (unpaired) electrons. The van der Waals surface area contributed by atoms with Gasteiger partial charge in [-0.15, -0.1) is 11.3 Å². The first-order valence-electron chi connectivity index (χ1n) is 10.8. The Morgan fingerprint density at radius 3 is 2.77 bits per heavy atom. The molecule has 6 nitrogen and oxygen atoms in total. The molecule has 0 bridgehead atoms. The highest BCUT2D eigenvalue weighted by Gasteiger charge is 2.25. The molecule has 31 heavy (non-hydrogen) atoms. The first kappa shape index (κ1) is 21.9. The number of aryl methyl sites for hydroxylation is 2. The number of ether oxygens (including phenoxy) is 1. The molecule has 8 heteroatoms. The van der Waals surface area contributed by atoms with E-state index in [9.17, 15) is 9.59 Å². The lowest BCUT2D eigenvalue weighted by Gasteiger charge is -2.16. The first-order valence-corrected chi connectivity index (χ1v) is 12.5. The molecule has 0 saturated carbocycles. The zero-order chi connectivity index (χ0) is 22.0. The standard InChI is InChI=1S/C23H27N3O3S2/c1-4-13-24-20(27)14(3)30-23-25-21-19(17-7-6-8-18(17)31-21)22(28)26(23)15-9-11-16(12-10-15)29-5-2/h9-12,14H,4-8,13H2,1-3H3,(H,24,27). The van der Waals surface area contributed by atoms with E-state index in [0.717, 1.165) is 52.9 Å².